The highest BCUT2D eigenvalue weighted by atomic mass is 16.7. The fraction of sp³-hybridized carbons (Fsp3) is 0.375. The Morgan fingerprint density at radius 3 is 2.59 bits per heavy atom. The quantitative estimate of drug-likeness (QED) is 0.856. The van der Waals surface area contributed by atoms with Crippen molar-refractivity contribution >= 4 is 12.0 Å². The number of hydroxylamine groups is 2. The Kier molecular flexibility index (Phi) is 4.11. The van der Waals surface area contributed by atoms with E-state index in [9.17, 15) is 9.59 Å². The predicted octanol–water partition coefficient (Wildman–Crippen LogP) is 1.55. The lowest BCUT2D eigenvalue weighted by Crippen LogP contribution is -2.53. The van der Waals surface area contributed by atoms with Crippen molar-refractivity contribution in [2.24, 2.45) is 5.73 Å². The number of benzene rings is 1. The van der Waals surface area contributed by atoms with E-state index in [0.717, 1.165) is 18.4 Å². The van der Waals surface area contributed by atoms with E-state index in [0.29, 0.717) is 0 Å². The molecule has 1 saturated heterocycles. The highest BCUT2D eigenvalue weighted by Crippen LogP contribution is 2.28. The topological polar surface area (TPSA) is 81.9 Å². The van der Waals surface area contributed by atoms with Crippen LogP contribution in [0.25, 0.3) is 0 Å². The van der Waals surface area contributed by atoms with E-state index < -0.39 is 12.2 Å². The molecule has 2 N–H and O–H groups in total. The molecule has 3 aliphatic rings. The maximum Gasteiger partial charge on any atom is 0.405 e. The minimum absolute atomic E-state index is 0.0834. The van der Waals surface area contributed by atoms with Crippen molar-refractivity contribution in [3.05, 3.63) is 48.0 Å². The van der Waals surface area contributed by atoms with Crippen LogP contribution in [0.3, 0.4) is 0 Å². The molecule has 4 rings (SSSR count). The predicted molar refractivity (Wildman–Crippen MR) is 78.5 cm³/mol. The first kappa shape index (κ1) is 14.6. The Balaban J connectivity index is 1.75. The molecule has 6 heteroatoms. The summed E-state index contributed by atoms with van der Waals surface area (Å²) in [6.45, 7) is 0. The summed E-state index contributed by atoms with van der Waals surface area (Å²) in [5.74, 6) is -0.373. The van der Waals surface area contributed by atoms with Gasteiger partial charge in [0.25, 0.3) is 5.91 Å². The smallest absolute Gasteiger partial charge is 0.405 e. The van der Waals surface area contributed by atoms with E-state index in [-0.39, 0.29) is 24.5 Å². The normalized spacial score (nSPS) is 24.1. The first-order valence-electron chi connectivity index (χ1n) is 7.31. The van der Waals surface area contributed by atoms with Crippen molar-refractivity contribution in [3.8, 4) is 0 Å². The van der Waals surface area contributed by atoms with E-state index in [1.807, 2.05) is 42.5 Å². The average Bonchev–Trinajstić information content (AvgIpc) is 2.55. The summed E-state index contributed by atoms with van der Waals surface area (Å²) in [6.07, 6.45) is 3.90. The summed E-state index contributed by atoms with van der Waals surface area (Å²) in [7, 11) is 0. The zero-order valence-electron chi connectivity index (χ0n) is 12.1. The second kappa shape index (κ2) is 6.19. The molecule has 2 bridgehead atoms. The number of hydrogen-bond acceptors (Lipinski definition) is 4. The highest BCUT2D eigenvalue weighted by Gasteiger charge is 2.38. The third-order valence-corrected chi connectivity index (χ3v) is 3.86. The van der Waals surface area contributed by atoms with Crippen LogP contribution in [-0.2, 0) is 20.8 Å². The van der Waals surface area contributed by atoms with Gasteiger partial charge in [-0.2, -0.15) is 0 Å². The van der Waals surface area contributed by atoms with Crippen molar-refractivity contribution in [2.75, 3.05) is 0 Å². The Morgan fingerprint density at radius 1 is 1.27 bits per heavy atom. The Bertz CT molecular complexity index is 587. The highest BCUT2D eigenvalue weighted by molar-refractivity contribution is 5.83. The van der Waals surface area contributed by atoms with Crippen LogP contribution in [0, 0.1) is 0 Å². The van der Waals surface area contributed by atoms with Crippen LogP contribution in [0.2, 0.25) is 0 Å². The van der Waals surface area contributed by atoms with Gasteiger partial charge in [0.15, 0.2) is 6.10 Å². The van der Waals surface area contributed by atoms with Gasteiger partial charge in [0.1, 0.15) is 6.10 Å². The summed E-state index contributed by atoms with van der Waals surface area (Å²) >= 11 is 0. The van der Waals surface area contributed by atoms with E-state index in [1.165, 1.54) is 5.06 Å². The average molecular weight is 302 g/mol. The molecule has 0 saturated carbocycles. The van der Waals surface area contributed by atoms with Crippen molar-refractivity contribution in [2.45, 2.75) is 37.5 Å². The van der Waals surface area contributed by atoms with Gasteiger partial charge >= 0.3 is 6.09 Å². The van der Waals surface area contributed by atoms with Crippen LogP contribution in [0.4, 0.5) is 4.79 Å². The maximum atomic E-state index is 12.7. The van der Waals surface area contributed by atoms with Gasteiger partial charge in [0.2, 0.25) is 0 Å². The van der Waals surface area contributed by atoms with E-state index in [1.54, 1.807) is 0 Å². The first-order valence-corrected chi connectivity index (χ1v) is 7.31. The number of ether oxygens (including phenoxy) is 1. The van der Waals surface area contributed by atoms with Crippen LogP contribution in [-0.4, -0.2) is 35.3 Å². The molecule has 0 radical (unpaired) electrons. The lowest BCUT2D eigenvalue weighted by Gasteiger charge is -2.41. The van der Waals surface area contributed by atoms with Gasteiger partial charge in [-0.25, -0.2) is 9.86 Å². The number of carbonyl (C=O) groups excluding carboxylic acids is 2. The summed E-state index contributed by atoms with van der Waals surface area (Å²) in [4.78, 5) is 29.4. The number of nitrogens with zero attached hydrogens (tertiary/aromatic N) is 1. The number of rotatable bonds is 4. The van der Waals surface area contributed by atoms with Crippen molar-refractivity contribution in [1.29, 1.82) is 0 Å². The third-order valence-electron chi connectivity index (χ3n) is 3.86. The van der Waals surface area contributed by atoms with Crippen LogP contribution < -0.4 is 5.73 Å². The van der Waals surface area contributed by atoms with Crippen molar-refractivity contribution < 1.29 is 19.2 Å². The third kappa shape index (κ3) is 3.12. The number of amides is 2. The maximum absolute atomic E-state index is 12.7. The van der Waals surface area contributed by atoms with Gasteiger partial charge in [-0.15, -0.1) is 0 Å². The molecule has 1 aliphatic carbocycles. The van der Waals surface area contributed by atoms with Crippen LogP contribution in [0.1, 0.15) is 18.4 Å². The van der Waals surface area contributed by atoms with Gasteiger partial charge < -0.3 is 10.5 Å². The summed E-state index contributed by atoms with van der Waals surface area (Å²) < 4.78 is 5.02. The summed E-state index contributed by atoms with van der Waals surface area (Å²) in [6, 6.07) is 9.24. The van der Waals surface area contributed by atoms with Crippen LogP contribution in [0.5, 0.6) is 0 Å². The Labute approximate surface area is 128 Å². The molecule has 2 unspecified atom stereocenters. The van der Waals surface area contributed by atoms with Gasteiger partial charge in [0.05, 0.1) is 6.04 Å². The molecule has 116 valence electrons. The zero-order valence-corrected chi connectivity index (χ0v) is 12.1. The second-order valence-electron chi connectivity index (χ2n) is 5.45. The molecule has 0 spiro atoms. The molecular weight excluding hydrogens is 284 g/mol. The van der Waals surface area contributed by atoms with Crippen molar-refractivity contribution in [3.63, 3.8) is 0 Å². The minimum atomic E-state index is -0.979. The Morgan fingerprint density at radius 2 is 2.05 bits per heavy atom. The monoisotopic (exact) mass is 302 g/mol. The van der Waals surface area contributed by atoms with Gasteiger partial charge in [-0.1, -0.05) is 42.5 Å². The number of primary amides is 1. The molecule has 3 atom stereocenters. The molecule has 22 heavy (non-hydrogen) atoms. The fourth-order valence-electron chi connectivity index (χ4n) is 2.79. The van der Waals surface area contributed by atoms with Crippen molar-refractivity contribution in [1.82, 2.24) is 5.06 Å². The molecular formula is C16H18N2O4. The first-order chi connectivity index (χ1) is 10.6. The lowest BCUT2D eigenvalue weighted by atomic mass is 9.97. The van der Waals surface area contributed by atoms with E-state index in [4.69, 9.17) is 15.3 Å². The standard InChI is InChI=1S/C16H18N2O4/c17-16(20)21-14(10-11-4-2-1-3-5-11)15(19)18-12-6-8-13(22-18)9-7-12/h1-6,8,12-14H,7,9-10H2,(H2,17,20)/t12?,13?,14-/m0/s1. The molecule has 1 aromatic carbocycles. The van der Waals surface area contributed by atoms with Gasteiger partial charge in [0, 0.05) is 6.42 Å². The SMILES string of the molecule is NC(=O)O[C@@H](Cc1ccccc1)C(=O)N1OC2C=CC1CC2. The van der Waals surface area contributed by atoms with E-state index in [2.05, 4.69) is 0 Å². The Hall–Kier alpha value is -2.34. The van der Waals surface area contributed by atoms with E-state index >= 15 is 0 Å². The summed E-state index contributed by atoms with van der Waals surface area (Å²) in [5, 5.41) is 1.32. The van der Waals surface area contributed by atoms with Crippen LogP contribution >= 0.6 is 0 Å². The zero-order chi connectivity index (χ0) is 15.5. The van der Waals surface area contributed by atoms with Gasteiger partial charge in [-0.05, 0) is 18.4 Å². The number of fused-ring (bicyclic) bond motifs is 2. The molecule has 2 aliphatic heterocycles. The molecule has 2 heterocycles. The number of nitrogens with two attached hydrogens (primary N) is 1. The minimum Gasteiger partial charge on any atom is -0.436 e. The van der Waals surface area contributed by atoms with Crippen LogP contribution in [0.15, 0.2) is 42.5 Å². The number of hydrogen-bond donors (Lipinski definition) is 1. The second-order valence-corrected chi connectivity index (χ2v) is 5.45. The molecule has 2 amide bonds. The molecule has 1 aromatic rings. The largest absolute Gasteiger partial charge is 0.436 e. The molecule has 1 fully saturated rings. The fourth-order valence-corrected chi connectivity index (χ4v) is 2.79. The molecule has 0 aromatic heterocycles. The lowest BCUT2D eigenvalue weighted by molar-refractivity contribution is -0.236. The molecule has 6 nitrogen and oxygen atoms in total. The number of carbonyl (C=O) groups is 2. The van der Waals surface area contributed by atoms with Gasteiger partial charge in [-0.3, -0.25) is 9.63 Å². The summed E-state index contributed by atoms with van der Waals surface area (Å²) in [5.41, 5.74) is 5.99.